The molecule has 0 spiro atoms. The zero-order valence-corrected chi connectivity index (χ0v) is 8.81. The number of hydrogen-bond acceptors (Lipinski definition) is 0. The summed E-state index contributed by atoms with van der Waals surface area (Å²) in [4.78, 5) is -3.08. The molecule has 0 aliphatic rings. The molecule has 0 aliphatic heterocycles. The Labute approximate surface area is 89.8 Å². The van der Waals surface area contributed by atoms with E-state index in [0.717, 1.165) is 0 Å². The largest absolute Gasteiger partial charge is 0.326 e. The molecule has 0 radical (unpaired) electrons. The topological polar surface area (TPSA) is 0 Å². The first kappa shape index (κ1) is 10.9. The van der Waals surface area contributed by atoms with Gasteiger partial charge in [-0.25, -0.2) is 0 Å². The second-order valence-electron chi connectivity index (χ2n) is 2.70. The van der Waals surface area contributed by atoms with Crippen molar-refractivity contribution in [3.05, 3.63) is 42.0 Å². The highest BCUT2D eigenvalue weighted by molar-refractivity contribution is 9.10. The van der Waals surface area contributed by atoms with Gasteiger partial charge < -0.3 is 0 Å². The van der Waals surface area contributed by atoms with E-state index in [4.69, 9.17) is 6.42 Å². The lowest BCUT2D eigenvalue weighted by Crippen LogP contribution is -2.06. The van der Waals surface area contributed by atoms with E-state index in [9.17, 15) is 8.78 Å². The molecule has 1 rings (SSSR count). The summed E-state index contributed by atoms with van der Waals surface area (Å²) in [5.41, 5.74) is 0.742. The smallest absolute Gasteiger partial charge is 0.188 e. The van der Waals surface area contributed by atoms with Gasteiger partial charge in [-0.15, -0.1) is 6.42 Å². The average molecular weight is 257 g/mol. The number of allylic oxidation sites excluding steroid dienone is 1. The molecule has 1 aromatic rings. The molecular weight excluding hydrogens is 250 g/mol. The molecular formula is C11H7BrF2. The van der Waals surface area contributed by atoms with Gasteiger partial charge in [0.15, 0.2) is 0 Å². The fourth-order valence-corrected chi connectivity index (χ4v) is 1.16. The van der Waals surface area contributed by atoms with Crippen LogP contribution in [0.1, 0.15) is 11.1 Å². The molecule has 1 aromatic carbocycles. The number of rotatable bonds is 2. The second-order valence-corrected chi connectivity index (χ2v) is 3.69. The Hall–Kier alpha value is -1.14. The number of alkyl halides is 3. The molecule has 0 saturated carbocycles. The van der Waals surface area contributed by atoms with Crippen LogP contribution in [0.25, 0.3) is 5.57 Å². The van der Waals surface area contributed by atoms with E-state index < -0.39 is 4.83 Å². The van der Waals surface area contributed by atoms with Gasteiger partial charge in [-0.2, -0.15) is 8.78 Å². The fourth-order valence-electron chi connectivity index (χ4n) is 0.931. The van der Waals surface area contributed by atoms with E-state index in [2.05, 4.69) is 28.4 Å². The molecule has 0 atom stereocenters. The van der Waals surface area contributed by atoms with Crippen molar-refractivity contribution in [1.29, 1.82) is 0 Å². The van der Waals surface area contributed by atoms with E-state index >= 15 is 0 Å². The highest BCUT2D eigenvalue weighted by Gasteiger charge is 2.29. The van der Waals surface area contributed by atoms with Crippen molar-refractivity contribution < 1.29 is 8.78 Å². The Morgan fingerprint density at radius 3 is 2.21 bits per heavy atom. The van der Waals surface area contributed by atoms with Crippen LogP contribution in [0.5, 0.6) is 0 Å². The summed E-state index contributed by atoms with van der Waals surface area (Å²) in [6.45, 7) is 3.30. The predicted molar refractivity (Wildman–Crippen MR) is 57.3 cm³/mol. The number of hydrogen-bond donors (Lipinski definition) is 0. The summed E-state index contributed by atoms with van der Waals surface area (Å²) >= 11 is 2.24. The average Bonchev–Trinajstić information content (AvgIpc) is 2.15. The summed E-state index contributed by atoms with van der Waals surface area (Å²) in [7, 11) is 0. The minimum absolute atomic E-state index is 0.277. The molecule has 0 nitrogen and oxygen atoms in total. The van der Waals surface area contributed by atoms with Gasteiger partial charge in [-0.1, -0.05) is 24.6 Å². The molecule has 0 N–H and O–H groups in total. The lowest BCUT2D eigenvalue weighted by atomic mass is 10.1. The number of benzene rings is 1. The number of halogens is 3. The van der Waals surface area contributed by atoms with Crippen molar-refractivity contribution in [2.75, 3.05) is 0 Å². The normalized spacial score (nSPS) is 10.7. The predicted octanol–water partition coefficient (Wildman–Crippen LogP) is 3.67. The minimum atomic E-state index is -3.08. The maximum atomic E-state index is 12.8. The molecule has 0 heterocycles. The first-order chi connectivity index (χ1) is 6.45. The van der Waals surface area contributed by atoms with Crippen LogP contribution in [0.3, 0.4) is 0 Å². The van der Waals surface area contributed by atoms with Crippen LogP contribution < -0.4 is 0 Å². The molecule has 72 valence electrons. The monoisotopic (exact) mass is 256 g/mol. The van der Waals surface area contributed by atoms with Crippen LogP contribution in [0.4, 0.5) is 8.78 Å². The molecule has 0 bridgehead atoms. The maximum Gasteiger partial charge on any atom is 0.326 e. The van der Waals surface area contributed by atoms with Gasteiger partial charge in [-0.05, 0) is 33.6 Å². The third-order valence-electron chi connectivity index (χ3n) is 1.74. The molecule has 3 heteroatoms. The quantitative estimate of drug-likeness (QED) is 0.560. The first-order valence-corrected chi connectivity index (χ1v) is 4.57. The first-order valence-electron chi connectivity index (χ1n) is 3.78. The molecule has 0 saturated heterocycles. The van der Waals surface area contributed by atoms with E-state index in [1.54, 1.807) is 12.1 Å². The number of terminal acetylenes is 1. The highest BCUT2D eigenvalue weighted by atomic mass is 79.9. The highest BCUT2D eigenvalue weighted by Crippen LogP contribution is 2.36. The van der Waals surface area contributed by atoms with Gasteiger partial charge in [-0.3, -0.25) is 0 Å². The Bertz CT molecular complexity index is 379. The van der Waals surface area contributed by atoms with Crippen molar-refractivity contribution in [3.8, 4) is 12.3 Å². The summed E-state index contributed by atoms with van der Waals surface area (Å²) in [5, 5.41) is 0. The summed E-state index contributed by atoms with van der Waals surface area (Å²) in [6, 6.07) is 6.23. The lowest BCUT2D eigenvalue weighted by Gasteiger charge is -2.11. The van der Waals surface area contributed by atoms with E-state index in [-0.39, 0.29) is 5.57 Å². The molecule has 14 heavy (non-hydrogen) atoms. The molecule has 0 amide bonds. The van der Waals surface area contributed by atoms with Crippen molar-refractivity contribution in [3.63, 3.8) is 0 Å². The zero-order valence-electron chi connectivity index (χ0n) is 7.23. The Kier molecular flexibility index (Phi) is 3.07. The Balaban J connectivity index is 3.00. The van der Waals surface area contributed by atoms with Crippen molar-refractivity contribution >= 4 is 21.5 Å². The van der Waals surface area contributed by atoms with Crippen LogP contribution in [-0.4, -0.2) is 4.83 Å². The minimum Gasteiger partial charge on any atom is -0.188 e. The third-order valence-corrected chi connectivity index (χ3v) is 2.22. The van der Waals surface area contributed by atoms with E-state index in [0.29, 0.717) is 11.1 Å². The standard InChI is InChI=1S/C11H7BrF2/c1-3-9-4-6-10(7-5-9)8(2)11(12,13)14/h1,4-7H,2H2. The third kappa shape index (κ3) is 2.43. The van der Waals surface area contributed by atoms with Crippen molar-refractivity contribution in [2.24, 2.45) is 0 Å². The molecule has 0 aromatic heterocycles. The van der Waals surface area contributed by atoms with Gasteiger partial charge >= 0.3 is 4.83 Å². The van der Waals surface area contributed by atoms with Crippen molar-refractivity contribution in [1.82, 2.24) is 0 Å². The van der Waals surface area contributed by atoms with Crippen LogP contribution in [0, 0.1) is 12.3 Å². The van der Waals surface area contributed by atoms with Crippen LogP contribution in [0.2, 0.25) is 0 Å². The summed E-state index contributed by atoms with van der Waals surface area (Å²) in [6.07, 6.45) is 5.13. The lowest BCUT2D eigenvalue weighted by molar-refractivity contribution is 0.183. The maximum absolute atomic E-state index is 12.8. The zero-order chi connectivity index (χ0) is 10.8. The van der Waals surface area contributed by atoms with Crippen LogP contribution in [0.15, 0.2) is 30.8 Å². The SMILES string of the molecule is C#Cc1ccc(C(=C)C(F)(F)Br)cc1. The Morgan fingerprint density at radius 1 is 1.36 bits per heavy atom. The van der Waals surface area contributed by atoms with Gasteiger partial charge in [0.1, 0.15) is 0 Å². The van der Waals surface area contributed by atoms with Gasteiger partial charge in [0, 0.05) is 11.1 Å². The van der Waals surface area contributed by atoms with E-state index in [1.165, 1.54) is 12.1 Å². The van der Waals surface area contributed by atoms with Gasteiger partial charge in [0.2, 0.25) is 0 Å². The Morgan fingerprint density at radius 2 is 1.86 bits per heavy atom. The van der Waals surface area contributed by atoms with E-state index in [1.807, 2.05) is 0 Å². The second kappa shape index (κ2) is 3.93. The summed E-state index contributed by atoms with van der Waals surface area (Å²) in [5.74, 6) is 2.40. The van der Waals surface area contributed by atoms with Crippen molar-refractivity contribution in [2.45, 2.75) is 4.83 Å². The fraction of sp³-hybridized carbons (Fsp3) is 0.0909. The van der Waals surface area contributed by atoms with Gasteiger partial charge in [0.05, 0.1) is 0 Å². The summed E-state index contributed by atoms with van der Waals surface area (Å²) < 4.78 is 25.5. The molecule has 0 unspecified atom stereocenters. The van der Waals surface area contributed by atoms with Crippen LogP contribution >= 0.6 is 15.9 Å². The molecule has 0 aliphatic carbocycles. The van der Waals surface area contributed by atoms with Crippen LogP contribution in [-0.2, 0) is 0 Å². The van der Waals surface area contributed by atoms with Gasteiger partial charge in [0.25, 0.3) is 0 Å². The molecule has 0 fully saturated rings.